The van der Waals surface area contributed by atoms with Crippen LogP contribution in [0.5, 0.6) is 0 Å². The first-order valence-electron chi connectivity index (χ1n) is 6.20. The second kappa shape index (κ2) is 5.22. The number of aryl methyl sites for hydroxylation is 1. The van der Waals surface area contributed by atoms with Gasteiger partial charge in [0.1, 0.15) is 5.56 Å². The van der Waals surface area contributed by atoms with Crippen molar-refractivity contribution < 1.29 is 4.92 Å². The van der Waals surface area contributed by atoms with Crippen LogP contribution < -0.4 is 5.73 Å². The summed E-state index contributed by atoms with van der Waals surface area (Å²) in [6.07, 6.45) is 1.81. The van der Waals surface area contributed by atoms with Crippen LogP contribution in [0.15, 0.2) is 23.4 Å². The van der Waals surface area contributed by atoms with Crippen LogP contribution >= 0.6 is 11.8 Å². The first-order valence-corrected chi connectivity index (χ1v) is 7.42. The average Bonchev–Trinajstić information content (AvgIpc) is 2.90. The molecular weight excluding hydrogens is 306 g/mol. The lowest BCUT2D eigenvalue weighted by molar-refractivity contribution is -0.384. The standard InChI is InChI=1S/C12H11N7O2S/c1-6-4-3-5-7(19(20)21)8(6)9-14-11-16-12(22-2)15-10(13)18(11)17-9/h3-5H,1-2H3,(H2,13,14,15,16,17). The molecule has 22 heavy (non-hydrogen) atoms. The summed E-state index contributed by atoms with van der Waals surface area (Å²) in [6, 6.07) is 4.79. The van der Waals surface area contributed by atoms with Crippen molar-refractivity contribution in [3.8, 4) is 11.4 Å². The fourth-order valence-corrected chi connectivity index (χ4v) is 2.44. The smallest absolute Gasteiger partial charge is 0.280 e. The zero-order valence-corrected chi connectivity index (χ0v) is 12.5. The van der Waals surface area contributed by atoms with Crippen LogP contribution in [0.3, 0.4) is 0 Å². The summed E-state index contributed by atoms with van der Waals surface area (Å²) < 4.78 is 1.27. The average molecular weight is 317 g/mol. The number of benzene rings is 1. The highest BCUT2D eigenvalue weighted by Gasteiger charge is 2.22. The molecule has 0 saturated heterocycles. The Labute approximate surface area is 128 Å². The first kappa shape index (κ1) is 14.2. The lowest BCUT2D eigenvalue weighted by Crippen LogP contribution is -2.04. The molecule has 0 aliphatic heterocycles. The Morgan fingerprint density at radius 3 is 2.77 bits per heavy atom. The summed E-state index contributed by atoms with van der Waals surface area (Å²) in [7, 11) is 0. The van der Waals surface area contributed by atoms with Crippen LogP contribution in [-0.4, -0.2) is 35.7 Å². The molecule has 2 N–H and O–H groups in total. The topological polar surface area (TPSA) is 125 Å². The molecule has 9 nitrogen and oxygen atoms in total. The van der Waals surface area contributed by atoms with Crippen molar-refractivity contribution in [2.75, 3.05) is 12.0 Å². The molecule has 0 bridgehead atoms. The molecule has 0 saturated carbocycles. The number of rotatable bonds is 3. The van der Waals surface area contributed by atoms with Crippen LogP contribution in [-0.2, 0) is 0 Å². The highest BCUT2D eigenvalue weighted by molar-refractivity contribution is 7.98. The van der Waals surface area contributed by atoms with Crippen LogP contribution in [0.2, 0.25) is 0 Å². The molecule has 2 heterocycles. The van der Waals surface area contributed by atoms with E-state index in [4.69, 9.17) is 5.73 Å². The molecule has 0 unspecified atom stereocenters. The predicted molar refractivity (Wildman–Crippen MR) is 81.6 cm³/mol. The molecule has 0 aliphatic carbocycles. The quantitative estimate of drug-likeness (QED) is 0.439. The number of nitro benzene ring substituents is 1. The summed E-state index contributed by atoms with van der Waals surface area (Å²) in [6.45, 7) is 1.76. The van der Waals surface area contributed by atoms with Gasteiger partial charge in [0.25, 0.3) is 11.5 Å². The number of nitro groups is 1. The lowest BCUT2D eigenvalue weighted by atomic mass is 10.1. The maximum absolute atomic E-state index is 11.2. The van der Waals surface area contributed by atoms with Crippen molar-refractivity contribution in [2.45, 2.75) is 12.1 Å². The second-order valence-corrected chi connectivity index (χ2v) is 5.22. The fourth-order valence-electron chi connectivity index (χ4n) is 2.08. The Morgan fingerprint density at radius 1 is 1.32 bits per heavy atom. The van der Waals surface area contributed by atoms with Crippen molar-refractivity contribution in [1.82, 2.24) is 24.6 Å². The number of nitrogens with zero attached hydrogens (tertiary/aromatic N) is 6. The van der Waals surface area contributed by atoms with Crippen LogP contribution in [0, 0.1) is 17.0 Å². The molecule has 0 amide bonds. The molecule has 0 aliphatic rings. The van der Waals surface area contributed by atoms with E-state index in [2.05, 4.69) is 20.1 Å². The molecule has 112 valence electrons. The van der Waals surface area contributed by atoms with Gasteiger partial charge < -0.3 is 5.73 Å². The van der Waals surface area contributed by atoms with Crippen molar-refractivity contribution >= 4 is 29.2 Å². The zero-order valence-electron chi connectivity index (χ0n) is 11.7. The zero-order chi connectivity index (χ0) is 15.9. The molecule has 0 radical (unpaired) electrons. The highest BCUT2D eigenvalue weighted by atomic mass is 32.2. The van der Waals surface area contributed by atoms with Gasteiger partial charge in [-0.2, -0.15) is 19.5 Å². The van der Waals surface area contributed by atoms with E-state index in [-0.39, 0.29) is 23.2 Å². The van der Waals surface area contributed by atoms with Crippen LogP contribution in [0.1, 0.15) is 5.56 Å². The van der Waals surface area contributed by atoms with E-state index < -0.39 is 4.92 Å². The van der Waals surface area contributed by atoms with Gasteiger partial charge in [0.2, 0.25) is 5.95 Å². The van der Waals surface area contributed by atoms with E-state index >= 15 is 0 Å². The summed E-state index contributed by atoms with van der Waals surface area (Å²) in [5.74, 6) is 0.581. The molecule has 0 fully saturated rings. The molecule has 10 heteroatoms. The number of hydrogen-bond acceptors (Lipinski definition) is 8. The van der Waals surface area contributed by atoms with E-state index in [1.807, 2.05) is 6.26 Å². The van der Waals surface area contributed by atoms with Gasteiger partial charge in [0, 0.05) is 6.07 Å². The number of hydrogen-bond donors (Lipinski definition) is 1. The molecule has 3 aromatic rings. The largest absolute Gasteiger partial charge is 0.368 e. The van der Waals surface area contributed by atoms with E-state index in [0.717, 1.165) is 0 Å². The third-order valence-electron chi connectivity index (χ3n) is 3.07. The summed E-state index contributed by atoms with van der Waals surface area (Å²) >= 11 is 1.32. The molecule has 0 atom stereocenters. The van der Waals surface area contributed by atoms with Crippen molar-refractivity contribution in [3.63, 3.8) is 0 Å². The van der Waals surface area contributed by atoms with E-state index in [0.29, 0.717) is 16.3 Å². The molecule has 3 rings (SSSR count). The maximum atomic E-state index is 11.2. The third-order valence-corrected chi connectivity index (χ3v) is 3.61. The summed E-state index contributed by atoms with van der Waals surface area (Å²) in [5, 5.41) is 15.9. The van der Waals surface area contributed by atoms with Crippen LogP contribution in [0.4, 0.5) is 11.6 Å². The Balaban J connectivity index is 2.28. The monoisotopic (exact) mass is 317 g/mol. The van der Waals surface area contributed by atoms with Gasteiger partial charge in [-0.15, -0.1) is 5.10 Å². The minimum absolute atomic E-state index is 0.0625. The van der Waals surface area contributed by atoms with Gasteiger partial charge in [-0.25, -0.2) is 0 Å². The third kappa shape index (κ3) is 2.22. The Kier molecular flexibility index (Phi) is 3.37. The fraction of sp³-hybridized carbons (Fsp3) is 0.167. The normalized spacial score (nSPS) is 11.0. The van der Waals surface area contributed by atoms with Gasteiger partial charge in [-0.05, 0) is 18.7 Å². The van der Waals surface area contributed by atoms with Gasteiger partial charge in [0.15, 0.2) is 11.0 Å². The van der Waals surface area contributed by atoms with Gasteiger partial charge in [0.05, 0.1) is 4.92 Å². The highest BCUT2D eigenvalue weighted by Crippen LogP contribution is 2.31. The first-order chi connectivity index (χ1) is 10.5. The van der Waals surface area contributed by atoms with Gasteiger partial charge >= 0.3 is 0 Å². The minimum atomic E-state index is -0.462. The van der Waals surface area contributed by atoms with E-state index in [9.17, 15) is 10.1 Å². The number of nitrogens with two attached hydrogens (primary N) is 1. The van der Waals surface area contributed by atoms with E-state index in [1.165, 1.54) is 22.3 Å². The predicted octanol–water partition coefficient (Wildman–Crippen LogP) is 1.71. The van der Waals surface area contributed by atoms with Crippen LogP contribution in [0.25, 0.3) is 17.2 Å². The molecular formula is C12H11N7O2S. The lowest BCUT2D eigenvalue weighted by Gasteiger charge is -2.01. The number of anilines is 1. The molecule has 1 aromatic carbocycles. The van der Waals surface area contributed by atoms with Crippen molar-refractivity contribution in [1.29, 1.82) is 0 Å². The number of fused-ring (bicyclic) bond motifs is 1. The Hall–Kier alpha value is -2.75. The minimum Gasteiger partial charge on any atom is -0.368 e. The Bertz CT molecular complexity index is 893. The Morgan fingerprint density at radius 2 is 2.09 bits per heavy atom. The van der Waals surface area contributed by atoms with Crippen molar-refractivity contribution in [2.24, 2.45) is 0 Å². The van der Waals surface area contributed by atoms with Gasteiger partial charge in [-0.3, -0.25) is 10.1 Å². The summed E-state index contributed by atoms with van der Waals surface area (Å²) in [4.78, 5) is 23.3. The molecule has 0 spiro atoms. The summed E-state index contributed by atoms with van der Waals surface area (Å²) in [5.41, 5.74) is 6.81. The second-order valence-electron chi connectivity index (χ2n) is 4.44. The number of aromatic nitrogens is 5. The maximum Gasteiger partial charge on any atom is 0.280 e. The number of thioether (sulfide) groups is 1. The van der Waals surface area contributed by atoms with Gasteiger partial charge in [-0.1, -0.05) is 23.9 Å². The van der Waals surface area contributed by atoms with Crippen molar-refractivity contribution in [3.05, 3.63) is 33.9 Å². The molecule has 2 aromatic heterocycles. The van der Waals surface area contributed by atoms with E-state index in [1.54, 1.807) is 19.1 Å². The number of nitrogen functional groups attached to an aromatic ring is 1. The SMILES string of the molecule is CSc1nc(N)n2nc(-c3c(C)cccc3[N+](=O)[O-])nc2n1.